The van der Waals surface area contributed by atoms with Gasteiger partial charge in [-0.15, -0.1) is 0 Å². The summed E-state index contributed by atoms with van der Waals surface area (Å²) in [4.78, 5) is 0. The fraction of sp³-hybridized carbons (Fsp3) is 0.294. The molecule has 7 heteroatoms. The van der Waals surface area contributed by atoms with Crippen LogP contribution in [0.1, 0.15) is 18.4 Å². The van der Waals surface area contributed by atoms with Crippen LogP contribution in [0.5, 0.6) is 0 Å². The number of para-hydroxylation sites is 1. The van der Waals surface area contributed by atoms with Gasteiger partial charge in [-0.05, 0) is 18.6 Å². The van der Waals surface area contributed by atoms with Crippen LogP contribution in [0.4, 0.5) is 5.69 Å². The van der Waals surface area contributed by atoms with Crippen molar-refractivity contribution in [1.82, 2.24) is 0 Å². The summed E-state index contributed by atoms with van der Waals surface area (Å²) in [6.07, 6.45) is 6.63. The van der Waals surface area contributed by atoms with Gasteiger partial charge >= 0.3 is 0 Å². The van der Waals surface area contributed by atoms with E-state index in [1.807, 2.05) is 66.5 Å². The lowest BCUT2D eigenvalue weighted by Crippen LogP contribution is -2.32. The van der Waals surface area contributed by atoms with E-state index in [1.165, 1.54) is 0 Å². The van der Waals surface area contributed by atoms with Crippen LogP contribution < -0.4 is 9.58 Å². The molecule has 0 bridgehead atoms. The largest absolute Gasteiger partial charge is 0.748 e. The molecular formula is C17H21N3O3S. The Morgan fingerprint density at radius 3 is 2.42 bits per heavy atom. The van der Waals surface area contributed by atoms with E-state index in [9.17, 15) is 13.0 Å². The standard InChI is InChI=1S/C17H21N3O3S/c1-19(17-7-3-2-4-8-17)18-15-16-9-12-20(13-10-16)11-5-6-14-24(21,22)23/h2-4,7-10,12-13,15H,5-6,11,14H2,1H3. The Hall–Kier alpha value is -2.25. The van der Waals surface area contributed by atoms with Gasteiger partial charge in [0.15, 0.2) is 12.4 Å². The average molecular weight is 347 g/mol. The molecule has 6 nitrogen and oxygen atoms in total. The van der Waals surface area contributed by atoms with Crippen molar-refractivity contribution in [2.24, 2.45) is 5.10 Å². The summed E-state index contributed by atoms with van der Waals surface area (Å²) in [7, 11) is -2.22. The molecule has 1 aromatic heterocycles. The van der Waals surface area contributed by atoms with Crippen molar-refractivity contribution in [3.63, 3.8) is 0 Å². The lowest BCUT2D eigenvalue weighted by molar-refractivity contribution is -0.697. The fourth-order valence-corrected chi connectivity index (χ4v) is 2.70. The maximum absolute atomic E-state index is 10.5. The Labute approximate surface area is 142 Å². The number of hydrogen-bond acceptors (Lipinski definition) is 5. The number of aromatic nitrogens is 1. The number of hydrazone groups is 1. The molecule has 0 unspecified atom stereocenters. The Morgan fingerprint density at radius 1 is 1.12 bits per heavy atom. The number of benzene rings is 1. The molecule has 0 N–H and O–H groups in total. The van der Waals surface area contributed by atoms with Gasteiger partial charge in [-0.1, -0.05) is 18.2 Å². The summed E-state index contributed by atoms with van der Waals surface area (Å²) in [5.74, 6) is -0.301. The van der Waals surface area contributed by atoms with Crippen molar-refractivity contribution in [2.75, 3.05) is 17.8 Å². The molecule has 0 atom stereocenters. The minimum Gasteiger partial charge on any atom is -0.748 e. The van der Waals surface area contributed by atoms with Gasteiger partial charge in [-0.3, -0.25) is 5.01 Å². The third-order valence-corrected chi connectivity index (χ3v) is 4.28. The van der Waals surface area contributed by atoms with E-state index in [-0.39, 0.29) is 5.75 Å². The summed E-state index contributed by atoms with van der Waals surface area (Å²) in [5, 5.41) is 6.19. The van der Waals surface area contributed by atoms with Gasteiger partial charge in [0.05, 0.1) is 22.0 Å². The lowest BCUT2D eigenvalue weighted by atomic mass is 10.3. The first kappa shape index (κ1) is 18.1. The monoisotopic (exact) mass is 347 g/mol. The average Bonchev–Trinajstić information content (AvgIpc) is 2.57. The highest BCUT2D eigenvalue weighted by Crippen LogP contribution is 2.10. The van der Waals surface area contributed by atoms with E-state index in [1.54, 1.807) is 11.2 Å². The molecule has 0 aliphatic rings. The van der Waals surface area contributed by atoms with Gasteiger partial charge in [0, 0.05) is 36.9 Å². The number of nitrogens with zero attached hydrogens (tertiary/aromatic N) is 3. The molecule has 0 saturated carbocycles. The Bertz CT molecular complexity index is 759. The minimum atomic E-state index is -4.11. The van der Waals surface area contributed by atoms with Crippen molar-refractivity contribution in [3.8, 4) is 0 Å². The highest BCUT2D eigenvalue weighted by atomic mass is 32.2. The second kappa shape index (κ2) is 8.56. The Morgan fingerprint density at radius 2 is 1.79 bits per heavy atom. The Balaban J connectivity index is 1.84. The maximum Gasteiger partial charge on any atom is 0.169 e. The highest BCUT2D eigenvalue weighted by Gasteiger charge is 2.02. The van der Waals surface area contributed by atoms with Crippen molar-refractivity contribution in [1.29, 1.82) is 0 Å². The number of unbranched alkanes of at least 4 members (excludes halogenated alkanes) is 1. The molecule has 24 heavy (non-hydrogen) atoms. The molecule has 1 heterocycles. The molecule has 0 aliphatic carbocycles. The van der Waals surface area contributed by atoms with Crippen LogP contribution in [-0.4, -0.2) is 32.0 Å². The van der Waals surface area contributed by atoms with Crippen molar-refractivity contribution in [3.05, 3.63) is 60.4 Å². The maximum atomic E-state index is 10.5. The molecule has 128 valence electrons. The SMILES string of the molecule is CN(N=Cc1cc[n+](CCCCS(=O)(=O)[O-])cc1)c1ccccc1. The van der Waals surface area contributed by atoms with E-state index in [2.05, 4.69) is 5.10 Å². The van der Waals surface area contributed by atoms with E-state index in [0.29, 0.717) is 19.4 Å². The summed E-state index contributed by atoms with van der Waals surface area (Å²) in [5.41, 5.74) is 1.98. The molecule has 0 aliphatic heterocycles. The lowest BCUT2D eigenvalue weighted by Gasteiger charge is -2.11. The number of hydrogen-bond donors (Lipinski definition) is 0. The van der Waals surface area contributed by atoms with Crippen LogP contribution in [0.2, 0.25) is 0 Å². The number of pyridine rings is 1. The van der Waals surface area contributed by atoms with E-state index < -0.39 is 10.1 Å². The van der Waals surface area contributed by atoms with E-state index >= 15 is 0 Å². The minimum absolute atomic E-state index is 0.301. The second-order valence-electron chi connectivity index (χ2n) is 5.44. The van der Waals surface area contributed by atoms with Gasteiger partial charge in [-0.2, -0.15) is 5.10 Å². The van der Waals surface area contributed by atoms with Crippen molar-refractivity contribution >= 4 is 22.0 Å². The molecule has 0 radical (unpaired) electrons. The zero-order valence-electron chi connectivity index (χ0n) is 13.6. The van der Waals surface area contributed by atoms with Crippen LogP contribution in [-0.2, 0) is 16.7 Å². The molecule has 1 aromatic carbocycles. The van der Waals surface area contributed by atoms with Gasteiger partial charge in [0.1, 0.15) is 6.54 Å². The van der Waals surface area contributed by atoms with E-state index in [4.69, 9.17) is 0 Å². The van der Waals surface area contributed by atoms with Crippen LogP contribution >= 0.6 is 0 Å². The molecular weight excluding hydrogens is 326 g/mol. The van der Waals surface area contributed by atoms with Gasteiger partial charge in [-0.25, -0.2) is 13.0 Å². The van der Waals surface area contributed by atoms with Crippen molar-refractivity contribution < 1.29 is 17.5 Å². The molecule has 2 rings (SSSR count). The van der Waals surface area contributed by atoms with Gasteiger partial charge in [0.2, 0.25) is 0 Å². The summed E-state index contributed by atoms with van der Waals surface area (Å²) in [6.45, 7) is 0.677. The topological polar surface area (TPSA) is 76.7 Å². The van der Waals surface area contributed by atoms with Gasteiger partial charge in [0.25, 0.3) is 0 Å². The van der Waals surface area contributed by atoms with Crippen molar-refractivity contribution in [2.45, 2.75) is 19.4 Å². The molecule has 0 amide bonds. The van der Waals surface area contributed by atoms with E-state index in [0.717, 1.165) is 11.3 Å². The van der Waals surface area contributed by atoms with Gasteiger partial charge < -0.3 is 4.55 Å². The second-order valence-corrected chi connectivity index (χ2v) is 6.97. The number of rotatable bonds is 8. The third-order valence-electron chi connectivity index (χ3n) is 3.49. The predicted molar refractivity (Wildman–Crippen MR) is 92.9 cm³/mol. The van der Waals surface area contributed by atoms with Crippen LogP contribution in [0.3, 0.4) is 0 Å². The summed E-state index contributed by atoms with van der Waals surface area (Å²) in [6, 6.07) is 13.7. The van der Waals surface area contributed by atoms with Crippen LogP contribution in [0.25, 0.3) is 0 Å². The summed E-state index contributed by atoms with van der Waals surface area (Å²) < 4.78 is 33.6. The molecule has 0 spiro atoms. The first-order chi connectivity index (χ1) is 11.4. The first-order valence-electron chi connectivity index (χ1n) is 7.69. The zero-order chi connectivity index (χ0) is 17.4. The quantitative estimate of drug-likeness (QED) is 0.240. The van der Waals surface area contributed by atoms with Crippen LogP contribution in [0, 0.1) is 0 Å². The molecule has 2 aromatic rings. The molecule has 0 saturated heterocycles. The number of aryl methyl sites for hydroxylation is 1. The van der Waals surface area contributed by atoms with Crippen LogP contribution in [0.15, 0.2) is 60.0 Å². The fourth-order valence-electron chi connectivity index (χ4n) is 2.14. The third kappa shape index (κ3) is 6.47. The smallest absolute Gasteiger partial charge is 0.169 e. The highest BCUT2D eigenvalue weighted by molar-refractivity contribution is 7.85. The number of anilines is 1. The summed E-state index contributed by atoms with van der Waals surface area (Å²) >= 11 is 0. The Kier molecular flexibility index (Phi) is 6.45. The first-order valence-corrected chi connectivity index (χ1v) is 9.27. The normalized spacial score (nSPS) is 11.8. The predicted octanol–water partition coefficient (Wildman–Crippen LogP) is 1.77. The molecule has 0 fully saturated rings. The zero-order valence-corrected chi connectivity index (χ0v) is 14.4.